The van der Waals surface area contributed by atoms with E-state index in [1.165, 1.54) is 0 Å². The van der Waals surface area contributed by atoms with Crippen molar-refractivity contribution >= 4 is 11.9 Å². The van der Waals surface area contributed by atoms with Crippen molar-refractivity contribution in [2.24, 2.45) is 16.6 Å². The molecule has 116 valence electrons. The predicted molar refractivity (Wildman–Crippen MR) is 78.2 cm³/mol. The van der Waals surface area contributed by atoms with Crippen LogP contribution in [0.15, 0.2) is 0 Å². The van der Waals surface area contributed by atoms with Gasteiger partial charge in [0.05, 0.1) is 11.5 Å². The number of aliphatic carboxylic acids is 1. The third-order valence-electron chi connectivity index (χ3n) is 4.33. The van der Waals surface area contributed by atoms with Gasteiger partial charge in [-0.2, -0.15) is 0 Å². The predicted octanol–water partition coefficient (Wildman–Crippen LogP) is 1.90. The maximum absolute atomic E-state index is 12.1. The number of amides is 1. The number of rotatable bonds is 4. The van der Waals surface area contributed by atoms with Gasteiger partial charge in [-0.05, 0) is 18.3 Å². The summed E-state index contributed by atoms with van der Waals surface area (Å²) in [6.07, 6.45) is 5.23. The lowest BCUT2D eigenvalue weighted by Gasteiger charge is -2.31. The number of hydrogen-bond donors (Lipinski definition) is 3. The molecule has 0 aromatic rings. The molecule has 0 aromatic heterocycles. The molecule has 1 saturated carbocycles. The van der Waals surface area contributed by atoms with E-state index in [2.05, 4.69) is 5.32 Å². The number of carboxylic acid groups (broad SMARTS) is 1. The fraction of sp³-hybridized carbons (Fsp3) is 0.867. The molecule has 0 aliphatic heterocycles. The number of nitrogens with one attached hydrogen (secondary N) is 1. The van der Waals surface area contributed by atoms with Crippen LogP contribution in [0.3, 0.4) is 0 Å². The Morgan fingerprint density at radius 2 is 1.70 bits per heavy atom. The summed E-state index contributed by atoms with van der Waals surface area (Å²) in [6, 6.07) is -0.626. The Labute approximate surface area is 121 Å². The maximum atomic E-state index is 12.1. The lowest BCUT2D eigenvalue weighted by molar-refractivity contribution is -0.150. The molecule has 5 nitrogen and oxygen atoms in total. The first-order chi connectivity index (χ1) is 9.19. The standard InChI is InChI=1S/C15H28N2O3/c1-14(2,3)11(16)12(18)17-10-15(13(19)20)8-6-4-5-7-9-15/h11H,4-10,16H2,1-3H3,(H,17,18)(H,19,20). The van der Waals surface area contributed by atoms with E-state index in [0.717, 1.165) is 25.7 Å². The van der Waals surface area contributed by atoms with Gasteiger partial charge in [-0.15, -0.1) is 0 Å². The molecule has 1 rings (SSSR count). The van der Waals surface area contributed by atoms with Crippen LogP contribution < -0.4 is 11.1 Å². The van der Waals surface area contributed by atoms with E-state index in [-0.39, 0.29) is 17.9 Å². The normalized spacial score (nSPS) is 20.8. The van der Waals surface area contributed by atoms with E-state index < -0.39 is 17.4 Å². The summed E-state index contributed by atoms with van der Waals surface area (Å²) < 4.78 is 0. The minimum atomic E-state index is -0.816. The Bertz CT molecular complexity index is 353. The molecule has 1 aliphatic carbocycles. The van der Waals surface area contributed by atoms with Crippen LogP contribution in [0.25, 0.3) is 0 Å². The van der Waals surface area contributed by atoms with E-state index >= 15 is 0 Å². The van der Waals surface area contributed by atoms with Gasteiger partial charge in [-0.1, -0.05) is 46.5 Å². The highest BCUT2D eigenvalue weighted by molar-refractivity contribution is 5.83. The van der Waals surface area contributed by atoms with Gasteiger partial charge in [0.25, 0.3) is 0 Å². The molecule has 0 spiro atoms. The SMILES string of the molecule is CC(C)(C)C(N)C(=O)NCC1(C(=O)O)CCCCCC1. The number of carboxylic acids is 1. The zero-order valence-corrected chi connectivity index (χ0v) is 12.9. The maximum Gasteiger partial charge on any atom is 0.311 e. The van der Waals surface area contributed by atoms with Crippen molar-refractivity contribution in [3.8, 4) is 0 Å². The summed E-state index contributed by atoms with van der Waals surface area (Å²) in [4.78, 5) is 23.7. The van der Waals surface area contributed by atoms with Crippen molar-refractivity contribution in [2.75, 3.05) is 6.54 Å². The molecule has 20 heavy (non-hydrogen) atoms. The Morgan fingerprint density at radius 1 is 1.20 bits per heavy atom. The number of carbonyl (C=O) groups is 2. The molecule has 1 unspecified atom stereocenters. The minimum Gasteiger partial charge on any atom is -0.481 e. The molecule has 1 fully saturated rings. The highest BCUT2D eigenvalue weighted by Gasteiger charge is 2.39. The van der Waals surface area contributed by atoms with Crippen molar-refractivity contribution in [1.29, 1.82) is 0 Å². The third kappa shape index (κ3) is 4.20. The Balaban J connectivity index is 2.68. The second-order valence-corrected chi connectivity index (χ2v) is 7.06. The molecule has 0 radical (unpaired) electrons. The summed E-state index contributed by atoms with van der Waals surface area (Å²) in [7, 11) is 0. The Kier molecular flexibility index (Phi) is 5.57. The lowest BCUT2D eigenvalue weighted by Crippen LogP contribution is -2.52. The number of hydrogen-bond acceptors (Lipinski definition) is 3. The average Bonchev–Trinajstić information content (AvgIpc) is 2.60. The monoisotopic (exact) mass is 284 g/mol. The average molecular weight is 284 g/mol. The van der Waals surface area contributed by atoms with Crippen LogP contribution in [-0.2, 0) is 9.59 Å². The van der Waals surface area contributed by atoms with E-state index in [4.69, 9.17) is 5.73 Å². The lowest BCUT2D eigenvalue weighted by atomic mass is 9.80. The molecule has 0 saturated heterocycles. The van der Waals surface area contributed by atoms with Crippen molar-refractivity contribution in [2.45, 2.75) is 65.3 Å². The van der Waals surface area contributed by atoms with Crippen molar-refractivity contribution < 1.29 is 14.7 Å². The fourth-order valence-electron chi connectivity index (χ4n) is 2.63. The van der Waals surface area contributed by atoms with Crippen molar-refractivity contribution in [3.05, 3.63) is 0 Å². The van der Waals surface area contributed by atoms with E-state index in [1.54, 1.807) is 0 Å². The molecule has 0 heterocycles. The molecule has 1 amide bonds. The first-order valence-corrected chi connectivity index (χ1v) is 7.46. The van der Waals surface area contributed by atoms with Gasteiger partial charge in [0.1, 0.15) is 0 Å². The van der Waals surface area contributed by atoms with Gasteiger partial charge >= 0.3 is 5.97 Å². The van der Waals surface area contributed by atoms with Crippen LogP contribution in [0.1, 0.15) is 59.3 Å². The second-order valence-electron chi connectivity index (χ2n) is 7.06. The highest BCUT2D eigenvalue weighted by atomic mass is 16.4. The van der Waals surface area contributed by atoms with Gasteiger partial charge in [0.15, 0.2) is 0 Å². The highest BCUT2D eigenvalue weighted by Crippen LogP contribution is 2.35. The summed E-state index contributed by atoms with van der Waals surface area (Å²) in [5.74, 6) is -1.06. The quantitative estimate of drug-likeness (QED) is 0.687. The van der Waals surface area contributed by atoms with E-state index in [0.29, 0.717) is 12.8 Å². The van der Waals surface area contributed by atoms with Gasteiger partial charge in [-0.3, -0.25) is 9.59 Å². The second kappa shape index (κ2) is 6.57. The van der Waals surface area contributed by atoms with Crippen LogP contribution in [-0.4, -0.2) is 29.6 Å². The smallest absolute Gasteiger partial charge is 0.311 e. The molecule has 0 bridgehead atoms. The first kappa shape index (κ1) is 17.0. The van der Waals surface area contributed by atoms with Crippen molar-refractivity contribution in [1.82, 2.24) is 5.32 Å². The van der Waals surface area contributed by atoms with Crippen LogP contribution in [0.2, 0.25) is 0 Å². The third-order valence-corrected chi connectivity index (χ3v) is 4.33. The van der Waals surface area contributed by atoms with E-state index in [1.807, 2.05) is 20.8 Å². The van der Waals surface area contributed by atoms with Gasteiger partial charge in [-0.25, -0.2) is 0 Å². The summed E-state index contributed by atoms with van der Waals surface area (Å²) in [5.41, 5.74) is 4.76. The van der Waals surface area contributed by atoms with E-state index in [9.17, 15) is 14.7 Å². The zero-order valence-electron chi connectivity index (χ0n) is 12.9. The van der Waals surface area contributed by atoms with Gasteiger partial charge in [0, 0.05) is 6.54 Å². The molecule has 0 aromatic carbocycles. The summed E-state index contributed by atoms with van der Waals surface area (Å²) in [6.45, 7) is 5.88. The van der Waals surface area contributed by atoms with Gasteiger partial charge in [0.2, 0.25) is 5.91 Å². The molecular formula is C15H28N2O3. The topological polar surface area (TPSA) is 92.4 Å². The molecule has 1 aliphatic rings. The van der Waals surface area contributed by atoms with Crippen LogP contribution in [0.5, 0.6) is 0 Å². The molecule has 1 atom stereocenters. The fourth-order valence-corrected chi connectivity index (χ4v) is 2.63. The first-order valence-electron chi connectivity index (χ1n) is 7.46. The molecular weight excluding hydrogens is 256 g/mol. The summed E-state index contributed by atoms with van der Waals surface area (Å²) >= 11 is 0. The van der Waals surface area contributed by atoms with Crippen LogP contribution in [0.4, 0.5) is 0 Å². The largest absolute Gasteiger partial charge is 0.481 e. The summed E-state index contributed by atoms with van der Waals surface area (Å²) in [5, 5.41) is 12.3. The minimum absolute atomic E-state index is 0.185. The van der Waals surface area contributed by atoms with Crippen molar-refractivity contribution in [3.63, 3.8) is 0 Å². The molecule has 4 N–H and O–H groups in total. The van der Waals surface area contributed by atoms with Crippen LogP contribution in [0, 0.1) is 10.8 Å². The Morgan fingerprint density at radius 3 is 2.10 bits per heavy atom. The molecule has 5 heteroatoms. The Hall–Kier alpha value is -1.10. The number of carbonyl (C=O) groups excluding carboxylic acids is 1. The van der Waals surface area contributed by atoms with Gasteiger partial charge < -0.3 is 16.2 Å². The zero-order chi connectivity index (χ0) is 15.4. The van der Waals surface area contributed by atoms with Crippen LogP contribution >= 0.6 is 0 Å². The number of nitrogens with two attached hydrogens (primary N) is 1.